The van der Waals surface area contributed by atoms with Gasteiger partial charge in [0.05, 0.1) is 0 Å². The lowest BCUT2D eigenvalue weighted by Crippen LogP contribution is -2.26. The quantitative estimate of drug-likeness (QED) is 0.881. The number of anilines is 1. The molecule has 3 rings (SSSR count). The fourth-order valence-electron chi connectivity index (χ4n) is 2.91. The average Bonchev–Trinajstić information content (AvgIpc) is 2.91. The van der Waals surface area contributed by atoms with Gasteiger partial charge < -0.3 is 5.32 Å². The topological polar surface area (TPSA) is 15.3 Å². The van der Waals surface area contributed by atoms with Crippen LogP contribution in [0.3, 0.4) is 0 Å². The summed E-state index contributed by atoms with van der Waals surface area (Å²) in [5, 5.41) is 3.68. The molecule has 2 nitrogen and oxygen atoms in total. The minimum Gasteiger partial charge on any atom is -0.380 e. The van der Waals surface area contributed by atoms with Crippen LogP contribution in [0.15, 0.2) is 53.0 Å². The molecular formula is C18H21BrN2. The fraction of sp³-hybridized carbons (Fsp3) is 0.333. The zero-order chi connectivity index (χ0) is 14.7. The second-order valence-electron chi connectivity index (χ2n) is 5.83. The summed E-state index contributed by atoms with van der Waals surface area (Å²) in [6.45, 7) is 5.45. The zero-order valence-electron chi connectivity index (χ0n) is 12.3. The Kier molecular flexibility index (Phi) is 4.61. The molecule has 2 aromatic carbocycles. The predicted molar refractivity (Wildman–Crippen MR) is 92.6 cm³/mol. The SMILES string of the molecule is Cc1ccc(Br)c(NC2CCN(Cc3ccccc3)C2)c1. The lowest BCUT2D eigenvalue weighted by molar-refractivity contribution is 0.328. The van der Waals surface area contributed by atoms with Crippen LogP contribution in [0.25, 0.3) is 0 Å². The average molecular weight is 345 g/mol. The third-order valence-corrected chi connectivity index (χ3v) is 4.69. The van der Waals surface area contributed by atoms with Gasteiger partial charge in [-0.1, -0.05) is 36.4 Å². The van der Waals surface area contributed by atoms with E-state index < -0.39 is 0 Å². The van der Waals surface area contributed by atoms with Crippen molar-refractivity contribution < 1.29 is 0 Å². The van der Waals surface area contributed by atoms with Crippen molar-refractivity contribution in [3.05, 3.63) is 64.1 Å². The maximum absolute atomic E-state index is 3.68. The first-order valence-electron chi connectivity index (χ1n) is 7.50. The van der Waals surface area contributed by atoms with Crippen LogP contribution in [-0.4, -0.2) is 24.0 Å². The molecule has 0 spiro atoms. The number of halogens is 1. The van der Waals surface area contributed by atoms with E-state index in [0.717, 1.165) is 24.1 Å². The number of benzene rings is 2. The van der Waals surface area contributed by atoms with E-state index in [1.807, 2.05) is 0 Å². The Labute approximate surface area is 135 Å². The molecule has 1 fully saturated rings. The number of likely N-dealkylation sites (tertiary alicyclic amines) is 1. The van der Waals surface area contributed by atoms with Crippen LogP contribution in [0.1, 0.15) is 17.5 Å². The Morgan fingerprint density at radius 3 is 2.81 bits per heavy atom. The fourth-order valence-corrected chi connectivity index (χ4v) is 3.27. The second kappa shape index (κ2) is 6.63. The molecule has 1 heterocycles. The van der Waals surface area contributed by atoms with E-state index in [9.17, 15) is 0 Å². The number of hydrogen-bond donors (Lipinski definition) is 1. The minimum absolute atomic E-state index is 0.534. The van der Waals surface area contributed by atoms with E-state index in [1.54, 1.807) is 0 Å². The molecule has 0 bridgehead atoms. The highest BCUT2D eigenvalue weighted by molar-refractivity contribution is 9.10. The normalized spacial score (nSPS) is 18.9. The number of rotatable bonds is 4. The lowest BCUT2D eigenvalue weighted by atomic mass is 10.2. The molecule has 1 aliphatic heterocycles. The Morgan fingerprint density at radius 2 is 2.00 bits per heavy atom. The molecular weight excluding hydrogens is 324 g/mol. The van der Waals surface area contributed by atoms with Crippen molar-refractivity contribution in [3.8, 4) is 0 Å². The minimum atomic E-state index is 0.534. The Morgan fingerprint density at radius 1 is 1.19 bits per heavy atom. The molecule has 2 aromatic rings. The summed E-state index contributed by atoms with van der Waals surface area (Å²) in [4.78, 5) is 2.52. The summed E-state index contributed by atoms with van der Waals surface area (Å²) < 4.78 is 1.15. The van der Waals surface area contributed by atoms with Gasteiger partial charge >= 0.3 is 0 Å². The van der Waals surface area contributed by atoms with Gasteiger partial charge in [-0.3, -0.25) is 4.90 Å². The first-order valence-corrected chi connectivity index (χ1v) is 8.29. The van der Waals surface area contributed by atoms with Crippen LogP contribution in [0.5, 0.6) is 0 Å². The first-order chi connectivity index (χ1) is 10.2. The Hall–Kier alpha value is -1.32. The Bertz CT molecular complexity index is 597. The molecule has 0 radical (unpaired) electrons. The summed E-state index contributed by atoms with van der Waals surface area (Å²) in [5.74, 6) is 0. The zero-order valence-corrected chi connectivity index (χ0v) is 13.9. The van der Waals surface area contributed by atoms with Gasteiger partial charge in [0, 0.05) is 35.8 Å². The summed E-state index contributed by atoms with van der Waals surface area (Å²) in [7, 11) is 0. The number of nitrogens with zero attached hydrogens (tertiary/aromatic N) is 1. The van der Waals surface area contributed by atoms with Crippen LogP contribution in [0.2, 0.25) is 0 Å². The molecule has 0 saturated carbocycles. The van der Waals surface area contributed by atoms with Gasteiger partial charge in [-0.2, -0.15) is 0 Å². The van der Waals surface area contributed by atoms with Gasteiger partial charge in [0.2, 0.25) is 0 Å². The Balaban J connectivity index is 1.58. The smallest absolute Gasteiger partial charge is 0.0489 e. The molecule has 21 heavy (non-hydrogen) atoms. The third-order valence-electron chi connectivity index (χ3n) is 4.00. The maximum Gasteiger partial charge on any atom is 0.0489 e. The van der Waals surface area contributed by atoms with E-state index in [4.69, 9.17) is 0 Å². The second-order valence-corrected chi connectivity index (χ2v) is 6.69. The molecule has 0 aromatic heterocycles. The summed E-state index contributed by atoms with van der Waals surface area (Å²) in [6.07, 6.45) is 1.20. The highest BCUT2D eigenvalue weighted by Gasteiger charge is 2.22. The van der Waals surface area contributed by atoms with Crippen molar-refractivity contribution in [1.82, 2.24) is 4.90 Å². The molecule has 1 aliphatic rings. The van der Waals surface area contributed by atoms with Gasteiger partial charge in [0.1, 0.15) is 0 Å². The van der Waals surface area contributed by atoms with Crippen molar-refractivity contribution in [2.45, 2.75) is 25.9 Å². The van der Waals surface area contributed by atoms with E-state index in [1.165, 1.54) is 23.2 Å². The summed E-state index contributed by atoms with van der Waals surface area (Å²) >= 11 is 3.63. The van der Waals surface area contributed by atoms with Crippen LogP contribution in [0, 0.1) is 6.92 Å². The van der Waals surface area contributed by atoms with Crippen LogP contribution in [0.4, 0.5) is 5.69 Å². The standard InChI is InChI=1S/C18H21BrN2/c1-14-7-8-17(19)18(11-14)20-16-9-10-21(13-16)12-15-5-3-2-4-6-15/h2-8,11,16,20H,9-10,12-13H2,1H3. The van der Waals surface area contributed by atoms with E-state index in [-0.39, 0.29) is 0 Å². The highest BCUT2D eigenvalue weighted by atomic mass is 79.9. The van der Waals surface area contributed by atoms with E-state index in [0.29, 0.717) is 6.04 Å². The largest absolute Gasteiger partial charge is 0.380 e. The molecule has 0 amide bonds. The van der Waals surface area contributed by atoms with E-state index in [2.05, 4.69) is 81.6 Å². The van der Waals surface area contributed by atoms with E-state index >= 15 is 0 Å². The van der Waals surface area contributed by atoms with Gasteiger partial charge in [0.15, 0.2) is 0 Å². The number of nitrogens with one attached hydrogen (secondary N) is 1. The predicted octanol–water partition coefficient (Wildman–Crippen LogP) is 4.44. The molecule has 110 valence electrons. The molecule has 1 unspecified atom stereocenters. The molecule has 3 heteroatoms. The lowest BCUT2D eigenvalue weighted by Gasteiger charge is -2.18. The van der Waals surface area contributed by atoms with Crippen LogP contribution >= 0.6 is 15.9 Å². The van der Waals surface area contributed by atoms with Crippen molar-refractivity contribution in [1.29, 1.82) is 0 Å². The van der Waals surface area contributed by atoms with Gasteiger partial charge in [0.25, 0.3) is 0 Å². The van der Waals surface area contributed by atoms with Crippen molar-refractivity contribution in [2.75, 3.05) is 18.4 Å². The summed E-state index contributed by atoms with van der Waals surface area (Å²) in [6, 6.07) is 17.7. The van der Waals surface area contributed by atoms with Gasteiger partial charge in [-0.05, 0) is 52.5 Å². The maximum atomic E-state index is 3.68. The monoisotopic (exact) mass is 344 g/mol. The van der Waals surface area contributed by atoms with Gasteiger partial charge in [-0.25, -0.2) is 0 Å². The van der Waals surface area contributed by atoms with Gasteiger partial charge in [-0.15, -0.1) is 0 Å². The highest BCUT2D eigenvalue weighted by Crippen LogP contribution is 2.26. The third kappa shape index (κ3) is 3.86. The number of hydrogen-bond acceptors (Lipinski definition) is 2. The summed E-state index contributed by atoms with van der Waals surface area (Å²) in [5.41, 5.74) is 3.90. The van der Waals surface area contributed by atoms with Crippen molar-refractivity contribution in [2.24, 2.45) is 0 Å². The molecule has 1 N–H and O–H groups in total. The molecule has 1 saturated heterocycles. The molecule has 1 atom stereocenters. The van der Waals surface area contributed by atoms with Crippen molar-refractivity contribution >= 4 is 21.6 Å². The first kappa shape index (κ1) is 14.6. The van der Waals surface area contributed by atoms with Crippen LogP contribution in [-0.2, 0) is 6.54 Å². The van der Waals surface area contributed by atoms with Crippen LogP contribution < -0.4 is 5.32 Å². The number of aryl methyl sites for hydroxylation is 1. The molecule has 0 aliphatic carbocycles. The van der Waals surface area contributed by atoms with Crippen molar-refractivity contribution in [3.63, 3.8) is 0 Å².